The minimum atomic E-state index is -0.481. The van der Waals surface area contributed by atoms with E-state index in [-0.39, 0.29) is 15.5 Å². The molecular weight excluding hydrogens is 241 g/mol. The summed E-state index contributed by atoms with van der Waals surface area (Å²) in [4.78, 5) is 10.8. The zero-order valence-electron chi connectivity index (χ0n) is 6.20. The Labute approximate surface area is 80.6 Å². The van der Waals surface area contributed by atoms with Gasteiger partial charge in [0.15, 0.2) is 11.5 Å². The van der Waals surface area contributed by atoms with Crippen molar-refractivity contribution < 1.29 is 9.50 Å². The highest BCUT2D eigenvalue weighted by atomic mass is 79.9. The Balaban J connectivity index is 2.87. The first-order valence-corrected chi connectivity index (χ1v) is 4.13. The Morgan fingerprint density at radius 2 is 2.08 bits per heavy atom. The van der Waals surface area contributed by atoms with E-state index < -0.39 is 11.8 Å². The zero-order valence-corrected chi connectivity index (χ0v) is 7.79. The van der Waals surface area contributed by atoms with Crippen LogP contribution in [0.2, 0.25) is 0 Å². The summed E-state index contributed by atoms with van der Waals surface area (Å²) in [5.41, 5.74) is 0.133. The Bertz CT molecular complexity index is 476. The summed E-state index contributed by atoms with van der Waals surface area (Å²) in [5.74, 6) is -0.481. The van der Waals surface area contributed by atoms with Gasteiger partial charge in [-0.2, -0.15) is 4.98 Å². The Hall–Kier alpha value is -1.30. The van der Waals surface area contributed by atoms with Crippen molar-refractivity contribution in [1.29, 1.82) is 0 Å². The molecule has 0 aliphatic carbocycles. The summed E-state index contributed by atoms with van der Waals surface area (Å²) in [7, 11) is 0. The van der Waals surface area contributed by atoms with Crippen LogP contribution < -0.4 is 0 Å². The van der Waals surface area contributed by atoms with Crippen molar-refractivity contribution >= 4 is 27.0 Å². The smallest absolute Gasteiger partial charge is 0.315 e. The first-order valence-electron chi connectivity index (χ1n) is 3.34. The number of fused-ring (bicyclic) bond motifs is 1. The largest absolute Gasteiger partial charge is 0.479 e. The molecule has 2 aromatic heterocycles. The first-order chi connectivity index (χ1) is 6.18. The molecule has 4 nitrogen and oxygen atoms in total. The van der Waals surface area contributed by atoms with Crippen molar-refractivity contribution in [3.63, 3.8) is 0 Å². The van der Waals surface area contributed by atoms with Gasteiger partial charge >= 0.3 is 6.01 Å². The van der Waals surface area contributed by atoms with E-state index in [1.54, 1.807) is 0 Å². The molecule has 0 saturated heterocycles. The third-order valence-corrected chi connectivity index (χ3v) is 2.06. The van der Waals surface area contributed by atoms with E-state index in [0.717, 1.165) is 0 Å². The van der Waals surface area contributed by atoms with E-state index in [4.69, 9.17) is 5.11 Å². The molecular formula is C7H3BrFN3O. The Kier molecular flexibility index (Phi) is 1.84. The van der Waals surface area contributed by atoms with Gasteiger partial charge in [0.2, 0.25) is 0 Å². The van der Waals surface area contributed by atoms with E-state index in [0.29, 0.717) is 0 Å². The van der Waals surface area contributed by atoms with Crippen LogP contribution >= 0.6 is 15.9 Å². The van der Waals surface area contributed by atoms with Gasteiger partial charge in [-0.25, -0.2) is 14.4 Å². The third kappa shape index (κ3) is 1.33. The standard InChI is InChI=1S/C7H3BrFN3O/c8-4-2-10-6-3(5(4)9)1-11-7(13)12-6/h1-2H,(H,10,11,12,13). The molecule has 0 unspecified atom stereocenters. The molecule has 66 valence electrons. The molecule has 0 radical (unpaired) electrons. The van der Waals surface area contributed by atoms with Crippen molar-refractivity contribution in [2.75, 3.05) is 0 Å². The van der Waals surface area contributed by atoms with Gasteiger partial charge in [-0.15, -0.1) is 0 Å². The maximum absolute atomic E-state index is 13.3. The molecule has 0 bridgehead atoms. The number of hydrogen-bond donors (Lipinski definition) is 1. The van der Waals surface area contributed by atoms with Crippen LogP contribution in [0.3, 0.4) is 0 Å². The van der Waals surface area contributed by atoms with Gasteiger partial charge in [0.1, 0.15) is 0 Å². The minimum Gasteiger partial charge on any atom is -0.479 e. The number of halogens is 2. The van der Waals surface area contributed by atoms with Gasteiger partial charge in [-0.3, -0.25) is 0 Å². The summed E-state index contributed by atoms with van der Waals surface area (Å²) in [5, 5.41) is 9.07. The van der Waals surface area contributed by atoms with Gasteiger partial charge in [0.05, 0.1) is 9.86 Å². The van der Waals surface area contributed by atoms with Crippen molar-refractivity contribution in [2.24, 2.45) is 0 Å². The fourth-order valence-electron chi connectivity index (χ4n) is 0.920. The normalized spacial score (nSPS) is 10.6. The van der Waals surface area contributed by atoms with Crippen molar-refractivity contribution in [2.45, 2.75) is 0 Å². The third-order valence-electron chi connectivity index (χ3n) is 1.50. The van der Waals surface area contributed by atoms with Crippen LogP contribution in [0.25, 0.3) is 11.0 Å². The lowest BCUT2D eigenvalue weighted by atomic mass is 10.3. The van der Waals surface area contributed by atoms with Gasteiger partial charge in [0, 0.05) is 12.4 Å². The Morgan fingerprint density at radius 1 is 1.31 bits per heavy atom. The second-order valence-corrected chi connectivity index (χ2v) is 3.18. The predicted molar refractivity (Wildman–Crippen MR) is 46.7 cm³/mol. The van der Waals surface area contributed by atoms with Crippen LogP contribution in [0.4, 0.5) is 4.39 Å². The maximum atomic E-state index is 13.3. The molecule has 0 saturated carbocycles. The van der Waals surface area contributed by atoms with Gasteiger partial charge < -0.3 is 5.11 Å². The highest BCUT2D eigenvalue weighted by molar-refractivity contribution is 9.10. The highest BCUT2D eigenvalue weighted by Gasteiger charge is 2.08. The molecule has 13 heavy (non-hydrogen) atoms. The van der Waals surface area contributed by atoms with E-state index >= 15 is 0 Å². The zero-order chi connectivity index (χ0) is 9.42. The minimum absolute atomic E-state index is 0.133. The van der Waals surface area contributed by atoms with Crippen LogP contribution in [0.1, 0.15) is 0 Å². The van der Waals surface area contributed by atoms with E-state index in [1.807, 2.05) is 0 Å². The van der Waals surface area contributed by atoms with Gasteiger partial charge in [0.25, 0.3) is 0 Å². The maximum Gasteiger partial charge on any atom is 0.315 e. The van der Waals surface area contributed by atoms with Crippen LogP contribution in [-0.4, -0.2) is 20.1 Å². The lowest BCUT2D eigenvalue weighted by Crippen LogP contribution is -1.90. The molecule has 0 aromatic carbocycles. The molecule has 6 heteroatoms. The van der Waals surface area contributed by atoms with Gasteiger partial charge in [-0.1, -0.05) is 0 Å². The molecule has 0 amide bonds. The predicted octanol–water partition coefficient (Wildman–Crippen LogP) is 1.63. The molecule has 0 aliphatic rings. The molecule has 2 rings (SSSR count). The van der Waals surface area contributed by atoms with E-state index in [1.165, 1.54) is 12.4 Å². The number of hydrogen-bond acceptors (Lipinski definition) is 4. The molecule has 0 fully saturated rings. The second-order valence-electron chi connectivity index (χ2n) is 2.33. The Morgan fingerprint density at radius 3 is 2.85 bits per heavy atom. The van der Waals surface area contributed by atoms with E-state index in [9.17, 15) is 4.39 Å². The molecule has 2 aromatic rings. The van der Waals surface area contributed by atoms with E-state index in [2.05, 4.69) is 30.9 Å². The summed E-state index contributed by atoms with van der Waals surface area (Å²) < 4.78 is 13.5. The molecule has 0 atom stereocenters. The summed E-state index contributed by atoms with van der Waals surface area (Å²) in [6.45, 7) is 0. The monoisotopic (exact) mass is 243 g/mol. The van der Waals surface area contributed by atoms with Crippen molar-refractivity contribution in [3.8, 4) is 6.01 Å². The molecule has 0 spiro atoms. The van der Waals surface area contributed by atoms with Crippen LogP contribution in [-0.2, 0) is 0 Å². The number of aromatic nitrogens is 3. The lowest BCUT2D eigenvalue weighted by molar-refractivity contribution is 0.432. The number of pyridine rings is 1. The van der Waals surface area contributed by atoms with Crippen LogP contribution in [0.15, 0.2) is 16.9 Å². The topological polar surface area (TPSA) is 58.9 Å². The quantitative estimate of drug-likeness (QED) is 0.765. The van der Waals surface area contributed by atoms with Crippen molar-refractivity contribution in [3.05, 3.63) is 22.7 Å². The van der Waals surface area contributed by atoms with Crippen LogP contribution in [0.5, 0.6) is 6.01 Å². The fraction of sp³-hybridized carbons (Fsp3) is 0. The summed E-state index contributed by atoms with van der Waals surface area (Å²) >= 11 is 2.98. The lowest BCUT2D eigenvalue weighted by Gasteiger charge is -1.98. The molecule has 1 N–H and O–H groups in total. The number of aromatic hydroxyl groups is 1. The SMILES string of the molecule is Oc1ncc2c(F)c(Br)cnc2n1. The average Bonchev–Trinajstić information content (AvgIpc) is 2.12. The number of nitrogens with zero attached hydrogens (tertiary/aromatic N) is 3. The average molecular weight is 244 g/mol. The first kappa shape index (κ1) is 8.31. The summed E-state index contributed by atoms with van der Waals surface area (Å²) in [6.07, 6.45) is 2.47. The van der Waals surface area contributed by atoms with Gasteiger partial charge in [-0.05, 0) is 15.9 Å². The molecule has 2 heterocycles. The summed E-state index contributed by atoms with van der Waals surface area (Å²) in [6, 6.07) is -0.415. The highest BCUT2D eigenvalue weighted by Crippen LogP contribution is 2.21. The van der Waals surface area contributed by atoms with Crippen molar-refractivity contribution in [1.82, 2.24) is 15.0 Å². The van der Waals surface area contributed by atoms with Crippen LogP contribution in [0, 0.1) is 5.82 Å². The second kappa shape index (κ2) is 2.88. The fourth-order valence-corrected chi connectivity index (χ4v) is 1.24. The number of rotatable bonds is 0. The molecule has 0 aliphatic heterocycles.